The van der Waals surface area contributed by atoms with Gasteiger partial charge in [0.05, 0.1) is 0 Å². The molecule has 0 aliphatic carbocycles. The van der Waals surface area contributed by atoms with Crippen LogP contribution in [0.15, 0.2) is 122 Å². The van der Waals surface area contributed by atoms with Crippen LogP contribution in [-0.4, -0.2) is 37.2 Å². The normalized spacial score (nSPS) is 12.9. The summed E-state index contributed by atoms with van der Waals surface area (Å²) in [4.78, 5) is 38.2. The lowest BCUT2D eigenvalue weighted by molar-refractivity contribution is -0.167. The molecular weight excluding hydrogens is 985 g/mol. The van der Waals surface area contributed by atoms with Crippen molar-refractivity contribution >= 4 is 17.9 Å². The first-order valence-corrected chi connectivity index (χ1v) is 33.5. The van der Waals surface area contributed by atoms with Crippen LogP contribution in [-0.2, 0) is 28.6 Å². The SMILES string of the molecule is CC/C=C\C/C=C\C/C=C\C/C=C\C/C=C\CCCC(=O)OC(COC(=O)CCCCCCC/C=C\CCC)COC(=O)CCCCCCCCCCCCCCCCCCCCCCCC/C=C\C/C=C\C/C=C\C/C=C\CC. The van der Waals surface area contributed by atoms with Gasteiger partial charge in [0.15, 0.2) is 6.10 Å². The van der Waals surface area contributed by atoms with Gasteiger partial charge in [0.1, 0.15) is 13.2 Å². The quantitative estimate of drug-likeness (QED) is 0.0261. The average Bonchev–Trinajstić information content (AvgIpc) is 3.46. The van der Waals surface area contributed by atoms with Gasteiger partial charge in [-0.25, -0.2) is 0 Å². The Morgan fingerprint density at radius 2 is 0.500 bits per heavy atom. The number of hydrogen-bond donors (Lipinski definition) is 0. The van der Waals surface area contributed by atoms with E-state index < -0.39 is 6.10 Å². The highest BCUT2D eigenvalue weighted by Gasteiger charge is 2.19. The monoisotopic (exact) mass is 1110 g/mol. The van der Waals surface area contributed by atoms with E-state index in [0.29, 0.717) is 19.3 Å². The fourth-order valence-electron chi connectivity index (χ4n) is 9.24. The first kappa shape index (κ1) is 75.8. The molecule has 0 aliphatic rings. The van der Waals surface area contributed by atoms with Crippen molar-refractivity contribution < 1.29 is 28.6 Å². The fourth-order valence-corrected chi connectivity index (χ4v) is 9.24. The highest BCUT2D eigenvalue weighted by atomic mass is 16.6. The second-order valence-corrected chi connectivity index (χ2v) is 22.0. The van der Waals surface area contributed by atoms with E-state index in [1.807, 2.05) is 0 Å². The molecule has 6 heteroatoms. The van der Waals surface area contributed by atoms with Gasteiger partial charge in [0, 0.05) is 19.3 Å². The number of rotatable bonds is 60. The maximum Gasteiger partial charge on any atom is 0.306 e. The number of unbranched alkanes of at least 4 members (excludes halogenated alkanes) is 29. The molecule has 0 aliphatic heterocycles. The molecule has 1 atom stereocenters. The van der Waals surface area contributed by atoms with E-state index in [1.165, 1.54) is 141 Å². The van der Waals surface area contributed by atoms with Crippen LogP contribution in [0, 0.1) is 0 Å². The average molecular weight is 1110 g/mol. The Morgan fingerprint density at radius 3 is 0.812 bits per heavy atom. The van der Waals surface area contributed by atoms with Crippen LogP contribution in [0.4, 0.5) is 0 Å². The molecule has 0 heterocycles. The zero-order valence-corrected chi connectivity index (χ0v) is 52.3. The summed E-state index contributed by atoms with van der Waals surface area (Å²) in [5.41, 5.74) is 0. The zero-order valence-electron chi connectivity index (χ0n) is 52.3. The first-order valence-electron chi connectivity index (χ1n) is 33.5. The molecule has 80 heavy (non-hydrogen) atoms. The summed E-state index contributed by atoms with van der Waals surface area (Å²) in [6.45, 7) is 6.31. The molecule has 0 saturated carbocycles. The van der Waals surface area contributed by atoms with Gasteiger partial charge in [-0.2, -0.15) is 0 Å². The minimum atomic E-state index is -0.811. The summed E-state index contributed by atoms with van der Waals surface area (Å²) in [5, 5.41) is 0. The molecular formula is C74H124O6. The van der Waals surface area contributed by atoms with Gasteiger partial charge in [-0.05, 0) is 116 Å². The van der Waals surface area contributed by atoms with E-state index in [4.69, 9.17) is 14.2 Å². The number of hydrogen-bond acceptors (Lipinski definition) is 6. The predicted octanol–water partition coefficient (Wildman–Crippen LogP) is 23.2. The molecule has 0 rings (SSSR count). The van der Waals surface area contributed by atoms with Crippen molar-refractivity contribution in [2.24, 2.45) is 0 Å². The lowest BCUT2D eigenvalue weighted by Crippen LogP contribution is -2.30. The Hall–Kier alpha value is -4.19. The summed E-state index contributed by atoms with van der Waals surface area (Å²) in [7, 11) is 0. The minimum absolute atomic E-state index is 0.102. The highest BCUT2D eigenvalue weighted by Crippen LogP contribution is 2.17. The van der Waals surface area contributed by atoms with Crippen molar-refractivity contribution in [3.63, 3.8) is 0 Å². The van der Waals surface area contributed by atoms with Crippen molar-refractivity contribution in [2.45, 2.75) is 316 Å². The number of ether oxygens (including phenoxy) is 3. The first-order chi connectivity index (χ1) is 39.5. The summed E-state index contributed by atoms with van der Waals surface area (Å²) in [5.74, 6) is -0.966. The van der Waals surface area contributed by atoms with Crippen molar-refractivity contribution in [3.05, 3.63) is 122 Å². The lowest BCUT2D eigenvalue weighted by Gasteiger charge is -2.18. The van der Waals surface area contributed by atoms with Gasteiger partial charge in [-0.1, -0.05) is 296 Å². The summed E-state index contributed by atoms with van der Waals surface area (Å²) in [6.07, 6.45) is 94.0. The van der Waals surface area contributed by atoms with E-state index in [0.717, 1.165) is 122 Å². The number of carbonyl (C=O) groups excluding carboxylic acids is 3. The third-order valence-electron chi connectivity index (χ3n) is 14.2. The minimum Gasteiger partial charge on any atom is -0.462 e. The molecule has 0 aromatic carbocycles. The Kier molecular flexibility index (Phi) is 63.8. The second-order valence-electron chi connectivity index (χ2n) is 22.0. The smallest absolute Gasteiger partial charge is 0.306 e. The molecule has 0 fully saturated rings. The largest absolute Gasteiger partial charge is 0.462 e. The topological polar surface area (TPSA) is 78.9 Å². The van der Waals surface area contributed by atoms with Crippen molar-refractivity contribution in [1.82, 2.24) is 0 Å². The van der Waals surface area contributed by atoms with Crippen LogP contribution in [0.3, 0.4) is 0 Å². The van der Waals surface area contributed by atoms with Gasteiger partial charge >= 0.3 is 17.9 Å². The molecule has 0 N–H and O–H groups in total. The summed E-state index contributed by atoms with van der Waals surface area (Å²) >= 11 is 0. The van der Waals surface area contributed by atoms with E-state index in [9.17, 15) is 14.4 Å². The molecule has 0 bridgehead atoms. The predicted molar refractivity (Wildman–Crippen MR) is 348 cm³/mol. The maximum absolute atomic E-state index is 12.8. The van der Waals surface area contributed by atoms with E-state index in [1.54, 1.807) is 0 Å². The third kappa shape index (κ3) is 64.6. The molecule has 0 aromatic rings. The van der Waals surface area contributed by atoms with Crippen LogP contribution >= 0.6 is 0 Å². The van der Waals surface area contributed by atoms with E-state index >= 15 is 0 Å². The Bertz CT molecular complexity index is 1650. The van der Waals surface area contributed by atoms with Crippen LogP contribution in [0.25, 0.3) is 0 Å². The van der Waals surface area contributed by atoms with Crippen LogP contribution in [0.1, 0.15) is 310 Å². The molecule has 0 aromatic heterocycles. The van der Waals surface area contributed by atoms with Crippen LogP contribution < -0.4 is 0 Å². The van der Waals surface area contributed by atoms with Crippen LogP contribution in [0.5, 0.6) is 0 Å². The van der Waals surface area contributed by atoms with Crippen molar-refractivity contribution in [1.29, 1.82) is 0 Å². The van der Waals surface area contributed by atoms with E-state index in [-0.39, 0.29) is 37.5 Å². The highest BCUT2D eigenvalue weighted by molar-refractivity contribution is 5.71. The summed E-state index contributed by atoms with van der Waals surface area (Å²) in [6, 6.07) is 0. The molecule has 0 saturated heterocycles. The van der Waals surface area contributed by atoms with Crippen molar-refractivity contribution in [2.75, 3.05) is 13.2 Å². The van der Waals surface area contributed by atoms with Gasteiger partial charge in [-0.3, -0.25) is 14.4 Å². The van der Waals surface area contributed by atoms with E-state index in [2.05, 4.69) is 142 Å². The summed E-state index contributed by atoms with van der Waals surface area (Å²) < 4.78 is 16.8. The zero-order chi connectivity index (χ0) is 57.8. The molecule has 6 nitrogen and oxygen atoms in total. The molecule has 1 unspecified atom stereocenters. The van der Waals surface area contributed by atoms with Gasteiger partial charge in [0.25, 0.3) is 0 Å². The third-order valence-corrected chi connectivity index (χ3v) is 14.2. The lowest BCUT2D eigenvalue weighted by atomic mass is 10.0. The van der Waals surface area contributed by atoms with Crippen molar-refractivity contribution in [3.8, 4) is 0 Å². The Labute approximate surface area is 494 Å². The van der Waals surface area contributed by atoms with Crippen LogP contribution in [0.2, 0.25) is 0 Å². The number of allylic oxidation sites excluding steroid dienone is 20. The standard InChI is InChI=1S/C74H124O6/c1-4-7-10-13-16-19-22-24-26-28-29-30-31-32-33-34-35-36-37-38-39-40-41-42-43-44-45-47-48-50-52-55-58-61-64-67-73(76)79-70-71(69-78-72(75)66-63-60-57-54-21-18-15-12-9-6-3)80-74(77)68-65-62-59-56-53-51-49-46-27-25-23-20-17-14-11-8-5-2/h7-8,10-12,15-17,19-20,24-27,29-30,49,51,56,59,71H,4-6,9,13-14,18,21-23,28,31-48,50,52-55,57-58,60-70H2,1-3H3/b10-7-,11-8-,15-12-,19-16-,20-17-,26-24-,27-25-,30-29-,51-49-,59-56-. The second kappa shape index (κ2) is 67.3. The maximum atomic E-state index is 12.8. The molecule has 456 valence electrons. The van der Waals surface area contributed by atoms with Gasteiger partial charge in [-0.15, -0.1) is 0 Å². The number of esters is 3. The Morgan fingerprint density at radius 1 is 0.263 bits per heavy atom. The molecule has 0 radical (unpaired) electrons. The van der Waals surface area contributed by atoms with Gasteiger partial charge < -0.3 is 14.2 Å². The number of carbonyl (C=O) groups is 3. The van der Waals surface area contributed by atoms with Gasteiger partial charge in [0.2, 0.25) is 0 Å². The molecule has 0 amide bonds. The molecule has 0 spiro atoms. The fraction of sp³-hybridized carbons (Fsp3) is 0.689. The Balaban J connectivity index is 4.11.